The van der Waals surface area contributed by atoms with Crippen LogP contribution >= 0.6 is 0 Å². The average molecular weight is 466 g/mol. The highest BCUT2D eigenvalue weighted by Gasteiger charge is 2.38. The Bertz CT molecular complexity index is 1270. The van der Waals surface area contributed by atoms with Gasteiger partial charge in [-0.05, 0) is 64.8 Å². The molecule has 0 bridgehead atoms. The van der Waals surface area contributed by atoms with Crippen LogP contribution in [0.15, 0.2) is 57.7 Å². The molecule has 0 aliphatic carbocycles. The third-order valence-corrected chi connectivity index (χ3v) is 5.32. The zero-order chi connectivity index (χ0) is 24.5. The fourth-order valence-corrected chi connectivity index (χ4v) is 3.79. The van der Waals surface area contributed by atoms with Crippen LogP contribution in [0.25, 0.3) is 11.0 Å². The summed E-state index contributed by atoms with van der Waals surface area (Å²) in [5.41, 5.74) is -0.721. The van der Waals surface area contributed by atoms with Crippen molar-refractivity contribution in [2.45, 2.75) is 52.2 Å². The first-order valence-corrected chi connectivity index (χ1v) is 11.1. The van der Waals surface area contributed by atoms with Gasteiger partial charge in [0, 0.05) is 12.6 Å². The second-order valence-corrected chi connectivity index (χ2v) is 9.14. The maximum atomic E-state index is 13.0. The van der Waals surface area contributed by atoms with Crippen molar-refractivity contribution in [2.75, 3.05) is 6.54 Å². The molecule has 178 valence electrons. The zero-order valence-corrected chi connectivity index (χ0v) is 19.6. The average Bonchev–Trinajstić information content (AvgIpc) is 3.26. The number of carbonyl (C=O) groups is 2. The number of amides is 1. The smallest absolute Gasteiger partial charge is 0.411 e. The summed E-state index contributed by atoms with van der Waals surface area (Å²) in [4.78, 5) is 39.7. The molecule has 2 aromatic carbocycles. The lowest BCUT2D eigenvalue weighted by Crippen LogP contribution is -2.44. The molecule has 1 aromatic heterocycles. The van der Waals surface area contributed by atoms with E-state index in [4.69, 9.17) is 18.6 Å². The number of esters is 1. The number of ether oxygens (including phenoxy) is 3. The molecule has 8 heteroatoms. The Morgan fingerprint density at radius 3 is 2.50 bits per heavy atom. The minimum atomic E-state index is -0.735. The zero-order valence-electron chi connectivity index (χ0n) is 19.6. The van der Waals surface area contributed by atoms with Gasteiger partial charge in [-0.15, -0.1) is 0 Å². The van der Waals surface area contributed by atoms with E-state index in [1.165, 1.54) is 23.1 Å². The monoisotopic (exact) mass is 465 g/mol. The third-order valence-electron chi connectivity index (χ3n) is 5.32. The van der Waals surface area contributed by atoms with Crippen molar-refractivity contribution in [1.29, 1.82) is 0 Å². The van der Waals surface area contributed by atoms with Gasteiger partial charge in [0.2, 0.25) is 11.2 Å². The number of fused-ring (bicyclic) bond motifs is 1. The second kappa shape index (κ2) is 9.21. The number of benzene rings is 2. The molecular formula is C26H27NO7. The molecule has 4 rings (SSSR count). The van der Waals surface area contributed by atoms with Crippen LogP contribution in [0.4, 0.5) is 4.79 Å². The van der Waals surface area contributed by atoms with E-state index in [9.17, 15) is 14.4 Å². The van der Waals surface area contributed by atoms with E-state index in [0.717, 1.165) is 0 Å². The normalized spacial score (nSPS) is 15.9. The Kier molecular flexibility index (Phi) is 6.32. The number of hydrogen-bond donors (Lipinski definition) is 0. The summed E-state index contributed by atoms with van der Waals surface area (Å²) in [6, 6.07) is 12.8. The lowest BCUT2D eigenvalue weighted by Gasteiger charge is -2.27. The third kappa shape index (κ3) is 5.06. The van der Waals surface area contributed by atoms with Crippen LogP contribution in [0.2, 0.25) is 0 Å². The van der Waals surface area contributed by atoms with E-state index < -0.39 is 23.7 Å². The summed E-state index contributed by atoms with van der Waals surface area (Å²) in [6.07, 6.45) is 0.618. The van der Waals surface area contributed by atoms with E-state index in [2.05, 4.69) is 0 Å². The molecule has 1 amide bonds. The number of hydrogen-bond acceptors (Lipinski definition) is 7. The van der Waals surface area contributed by atoms with Gasteiger partial charge in [0.25, 0.3) is 0 Å². The molecule has 0 saturated carbocycles. The van der Waals surface area contributed by atoms with Gasteiger partial charge in [-0.2, -0.15) is 0 Å². The van der Waals surface area contributed by atoms with Crippen molar-refractivity contribution in [3.05, 3.63) is 64.5 Å². The highest BCUT2D eigenvalue weighted by atomic mass is 16.6. The molecule has 1 fully saturated rings. The highest BCUT2D eigenvalue weighted by molar-refractivity contribution is 5.85. The number of para-hydroxylation sites is 1. The van der Waals surface area contributed by atoms with Crippen LogP contribution in [0, 0.1) is 6.92 Å². The van der Waals surface area contributed by atoms with Crippen LogP contribution in [0.5, 0.6) is 17.2 Å². The van der Waals surface area contributed by atoms with Crippen molar-refractivity contribution in [2.24, 2.45) is 0 Å². The minimum absolute atomic E-state index is 0.0994. The summed E-state index contributed by atoms with van der Waals surface area (Å²) in [6.45, 7) is 7.38. The number of likely N-dealkylation sites (tertiary alicyclic amines) is 1. The van der Waals surface area contributed by atoms with Crippen LogP contribution in [0.1, 0.15) is 39.4 Å². The topological polar surface area (TPSA) is 95.3 Å². The van der Waals surface area contributed by atoms with Crippen molar-refractivity contribution < 1.29 is 28.2 Å². The van der Waals surface area contributed by atoms with E-state index >= 15 is 0 Å². The molecule has 0 spiro atoms. The molecule has 1 aliphatic rings. The van der Waals surface area contributed by atoms with Gasteiger partial charge in [0.15, 0.2) is 0 Å². The first-order valence-electron chi connectivity index (χ1n) is 11.1. The summed E-state index contributed by atoms with van der Waals surface area (Å²) < 4.78 is 22.5. The van der Waals surface area contributed by atoms with Crippen LogP contribution in [-0.2, 0) is 9.53 Å². The molecule has 1 unspecified atom stereocenters. The minimum Gasteiger partial charge on any atom is -0.457 e. The lowest BCUT2D eigenvalue weighted by atomic mass is 10.2. The maximum Gasteiger partial charge on any atom is 0.411 e. The quantitative estimate of drug-likeness (QED) is 0.386. The predicted molar refractivity (Wildman–Crippen MR) is 125 cm³/mol. The Morgan fingerprint density at radius 1 is 1.06 bits per heavy atom. The van der Waals surface area contributed by atoms with Gasteiger partial charge < -0.3 is 18.6 Å². The summed E-state index contributed by atoms with van der Waals surface area (Å²) >= 11 is 0. The van der Waals surface area contributed by atoms with Crippen molar-refractivity contribution in [3.63, 3.8) is 0 Å². The van der Waals surface area contributed by atoms with E-state index in [0.29, 0.717) is 36.3 Å². The molecule has 1 aliphatic heterocycles. The number of carbonyl (C=O) groups excluding carboxylic acids is 2. The van der Waals surface area contributed by atoms with E-state index in [1.807, 2.05) is 18.2 Å². The summed E-state index contributed by atoms with van der Waals surface area (Å²) in [7, 11) is 0. The fraction of sp³-hybridized carbons (Fsp3) is 0.346. The van der Waals surface area contributed by atoms with Crippen LogP contribution in [-0.4, -0.2) is 35.2 Å². The molecule has 8 nitrogen and oxygen atoms in total. The molecule has 1 atom stereocenters. The summed E-state index contributed by atoms with van der Waals surface area (Å²) in [5, 5.41) is 0.299. The Hall–Kier alpha value is -3.81. The molecule has 2 heterocycles. The number of nitrogens with zero attached hydrogens (tertiary/aromatic N) is 1. The Labute approximate surface area is 197 Å². The lowest BCUT2D eigenvalue weighted by molar-refractivity contribution is -0.139. The highest BCUT2D eigenvalue weighted by Crippen LogP contribution is 2.28. The molecule has 0 N–H and O–H groups in total. The molecule has 0 radical (unpaired) electrons. The first-order chi connectivity index (χ1) is 16.1. The molecule has 34 heavy (non-hydrogen) atoms. The van der Waals surface area contributed by atoms with Crippen LogP contribution in [0.3, 0.4) is 0 Å². The molecular weight excluding hydrogens is 438 g/mol. The standard InChI is InChI=1S/C26H27NO7/c1-16-23(32-17-9-6-5-7-10-17)22(28)19-13-12-18(15-21(19)31-16)33-24(29)20-11-8-14-27(20)25(30)34-26(2,3)4/h5-7,9-10,12-13,15,20H,8,11,14H2,1-4H3. The maximum absolute atomic E-state index is 13.0. The van der Waals surface area contributed by atoms with Crippen LogP contribution < -0.4 is 14.9 Å². The van der Waals surface area contributed by atoms with E-state index in [-0.39, 0.29) is 22.5 Å². The first kappa shape index (κ1) is 23.4. The van der Waals surface area contributed by atoms with Gasteiger partial charge in [-0.25, -0.2) is 9.59 Å². The van der Waals surface area contributed by atoms with E-state index in [1.54, 1.807) is 39.8 Å². The van der Waals surface area contributed by atoms with Gasteiger partial charge in [-0.3, -0.25) is 9.69 Å². The van der Waals surface area contributed by atoms with Gasteiger partial charge in [0.05, 0.1) is 5.39 Å². The van der Waals surface area contributed by atoms with Crippen molar-refractivity contribution in [1.82, 2.24) is 4.90 Å². The number of aryl methyl sites for hydroxylation is 1. The fourth-order valence-electron chi connectivity index (χ4n) is 3.79. The largest absolute Gasteiger partial charge is 0.457 e. The predicted octanol–water partition coefficient (Wildman–Crippen LogP) is 5.20. The van der Waals surface area contributed by atoms with Crippen molar-refractivity contribution >= 4 is 23.0 Å². The van der Waals surface area contributed by atoms with Crippen molar-refractivity contribution in [3.8, 4) is 17.2 Å². The molecule has 1 saturated heterocycles. The van der Waals surface area contributed by atoms with Gasteiger partial charge in [0.1, 0.15) is 34.5 Å². The summed E-state index contributed by atoms with van der Waals surface area (Å²) in [5.74, 6) is 0.576. The van der Waals surface area contributed by atoms with Gasteiger partial charge >= 0.3 is 12.1 Å². The Balaban J connectivity index is 1.54. The molecule has 3 aromatic rings. The number of rotatable bonds is 4. The second-order valence-electron chi connectivity index (χ2n) is 9.14. The Morgan fingerprint density at radius 2 is 1.79 bits per heavy atom. The van der Waals surface area contributed by atoms with Gasteiger partial charge in [-0.1, -0.05) is 18.2 Å². The SMILES string of the molecule is Cc1oc2cc(OC(=O)C3CCCN3C(=O)OC(C)(C)C)ccc2c(=O)c1Oc1ccccc1.